The van der Waals surface area contributed by atoms with Gasteiger partial charge >= 0.3 is 0 Å². The number of hydrogen-bond acceptors (Lipinski definition) is 5. The number of halogens is 1. The Balaban J connectivity index is 1.89. The maximum Gasteiger partial charge on any atom is 0.170 e. The third-order valence-corrected chi connectivity index (χ3v) is 3.05. The van der Waals surface area contributed by atoms with E-state index >= 15 is 0 Å². The lowest BCUT2D eigenvalue weighted by Gasteiger charge is -2.16. The van der Waals surface area contributed by atoms with E-state index in [0.29, 0.717) is 18.0 Å². The molecule has 3 aromatic rings. The molecule has 0 radical (unpaired) electrons. The monoisotopic (exact) mass is 272 g/mol. The molecule has 0 saturated heterocycles. The largest absolute Gasteiger partial charge is 0.356 e. The first-order valence-electron chi connectivity index (χ1n) is 6.18. The number of anilines is 1. The molecule has 3 rings (SSSR count). The van der Waals surface area contributed by atoms with Crippen LogP contribution in [0.5, 0.6) is 0 Å². The second-order valence-corrected chi connectivity index (χ2v) is 4.59. The Morgan fingerprint density at radius 3 is 2.95 bits per heavy atom. The number of nitrogens with zero attached hydrogens (tertiary/aromatic N) is 4. The van der Waals surface area contributed by atoms with Crippen LogP contribution in [0.4, 0.5) is 10.2 Å². The van der Waals surface area contributed by atoms with Crippen molar-refractivity contribution in [2.24, 2.45) is 0 Å². The van der Waals surface area contributed by atoms with Crippen LogP contribution in [-0.4, -0.2) is 22.2 Å². The van der Waals surface area contributed by atoms with Crippen LogP contribution in [0.1, 0.15) is 11.5 Å². The molecular weight excluding hydrogens is 259 g/mol. The Morgan fingerprint density at radius 1 is 1.30 bits per heavy atom. The zero-order valence-electron chi connectivity index (χ0n) is 11.2. The van der Waals surface area contributed by atoms with E-state index in [1.807, 2.05) is 24.9 Å². The smallest absolute Gasteiger partial charge is 0.170 e. The molecule has 0 aliphatic rings. The Hall–Kier alpha value is -2.50. The zero-order chi connectivity index (χ0) is 14.1. The van der Waals surface area contributed by atoms with E-state index in [4.69, 9.17) is 4.52 Å². The van der Waals surface area contributed by atoms with Gasteiger partial charge in [0.15, 0.2) is 5.58 Å². The van der Waals surface area contributed by atoms with Gasteiger partial charge in [-0.1, -0.05) is 5.16 Å². The van der Waals surface area contributed by atoms with E-state index in [-0.39, 0.29) is 5.82 Å². The summed E-state index contributed by atoms with van der Waals surface area (Å²) in [4.78, 5) is 10.3. The zero-order valence-corrected chi connectivity index (χ0v) is 11.2. The van der Waals surface area contributed by atoms with E-state index in [0.717, 1.165) is 16.9 Å². The maximum absolute atomic E-state index is 13.1. The van der Waals surface area contributed by atoms with Gasteiger partial charge in [0, 0.05) is 24.7 Å². The molecule has 0 amide bonds. The van der Waals surface area contributed by atoms with Crippen molar-refractivity contribution < 1.29 is 8.91 Å². The summed E-state index contributed by atoms with van der Waals surface area (Å²) in [5.41, 5.74) is 1.20. The van der Waals surface area contributed by atoms with Gasteiger partial charge in [-0.15, -0.1) is 0 Å². The molecule has 0 bridgehead atoms. The van der Waals surface area contributed by atoms with Gasteiger partial charge in [0.05, 0.1) is 6.54 Å². The molecule has 1 aromatic carbocycles. The van der Waals surface area contributed by atoms with Gasteiger partial charge in [-0.2, -0.15) is 0 Å². The molecule has 0 unspecified atom stereocenters. The van der Waals surface area contributed by atoms with Gasteiger partial charge in [0.25, 0.3) is 0 Å². The molecule has 0 N–H and O–H groups in total. The first kappa shape index (κ1) is 12.5. The maximum atomic E-state index is 13.1. The molecule has 0 atom stereocenters. The minimum atomic E-state index is -0.333. The van der Waals surface area contributed by atoms with Crippen molar-refractivity contribution in [3.05, 3.63) is 47.8 Å². The van der Waals surface area contributed by atoms with Crippen LogP contribution in [0.2, 0.25) is 0 Å². The van der Waals surface area contributed by atoms with Gasteiger partial charge in [0.1, 0.15) is 23.2 Å². The molecule has 2 heterocycles. The van der Waals surface area contributed by atoms with Gasteiger partial charge in [0.2, 0.25) is 0 Å². The lowest BCUT2D eigenvalue weighted by Crippen LogP contribution is -2.18. The van der Waals surface area contributed by atoms with E-state index in [9.17, 15) is 4.39 Å². The topological polar surface area (TPSA) is 55.1 Å². The van der Waals surface area contributed by atoms with Crippen molar-refractivity contribution in [2.75, 3.05) is 11.9 Å². The second kappa shape index (κ2) is 4.88. The molecule has 6 heteroatoms. The van der Waals surface area contributed by atoms with Crippen molar-refractivity contribution in [3.8, 4) is 0 Å². The van der Waals surface area contributed by atoms with Crippen LogP contribution in [0.25, 0.3) is 11.0 Å². The van der Waals surface area contributed by atoms with Crippen LogP contribution < -0.4 is 4.90 Å². The first-order valence-corrected chi connectivity index (χ1v) is 6.18. The molecule has 102 valence electrons. The molecule has 0 aliphatic heterocycles. The predicted molar refractivity (Wildman–Crippen MR) is 72.8 cm³/mol. The van der Waals surface area contributed by atoms with Crippen LogP contribution >= 0.6 is 0 Å². The summed E-state index contributed by atoms with van der Waals surface area (Å²) in [5, 5.41) is 4.81. The van der Waals surface area contributed by atoms with Gasteiger partial charge in [-0.25, -0.2) is 14.4 Å². The molecule has 0 aliphatic carbocycles. The molecule has 5 nitrogen and oxygen atoms in total. The fourth-order valence-electron chi connectivity index (χ4n) is 2.04. The summed E-state index contributed by atoms with van der Waals surface area (Å²) in [6, 6.07) is 6.24. The number of fused-ring (bicyclic) bond motifs is 1. The summed E-state index contributed by atoms with van der Waals surface area (Å²) in [7, 11) is 1.91. The molecule has 2 aromatic heterocycles. The number of hydrogen-bond donors (Lipinski definition) is 0. The minimum absolute atomic E-state index is 0.333. The molecule has 0 fully saturated rings. The molecule has 0 saturated carbocycles. The Morgan fingerprint density at radius 2 is 2.15 bits per heavy atom. The lowest BCUT2D eigenvalue weighted by molar-refractivity contribution is 0.444. The third kappa shape index (κ3) is 2.32. The normalized spacial score (nSPS) is 10.9. The van der Waals surface area contributed by atoms with Crippen molar-refractivity contribution in [3.63, 3.8) is 0 Å². The predicted octanol–water partition coefficient (Wildman–Crippen LogP) is 2.70. The molecular formula is C14H13FN4O. The average Bonchev–Trinajstić information content (AvgIpc) is 2.81. The summed E-state index contributed by atoms with van der Waals surface area (Å²) in [6.45, 7) is 2.36. The third-order valence-electron chi connectivity index (χ3n) is 3.05. The number of aryl methyl sites for hydroxylation is 1. The van der Waals surface area contributed by atoms with Gasteiger partial charge in [-0.05, 0) is 25.1 Å². The Kier molecular flexibility index (Phi) is 3.06. The van der Waals surface area contributed by atoms with E-state index in [1.165, 1.54) is 12.1 Å². The Labute approximate surface area is 115 Å². The van der Waals surface area contributed by atoms with Crippen LogP contribution in [-0.2, 0) is 6.54 Å². The highest BCUT2D eigenvalue weighted by atomic mass is 19.1. The standard InChI is InChI=1S/C14H13FN4O/c1-9-16-6-5-14(17-9)19(2)8-12-11-4-3-10(15)7-13(11)20-18-12/h3-7H,8H2,1-2H3. The van der Waals surface area contributed by atoms with E-state index in [1.54, 1.807) is 12.3 Å². The van der Waals surface area contributed by atoms with Crippen molar-refractivity contribution in [2.45, 2.75) is 13.5 Å². The molecule has 0 spiro atoms. The fourth-order valence-corrected chi connectivity index (χ4v) is 2.04. The number of aromatic nitrogens is 3. The Bertz CT molecular complexity index is 756. The average molecular weight is 272 g/mol. The highest BCUT2D eigenvalue weighted by molar-refractivity contribution is 5.79. The highest BCUT2D eigenvalue weighted by Crippen LogP contribution is 2.21. The minimum Gasteiger partial charge on any atom is -0.356 e. The van der Waals surface area contributed by atoms with Crippen LogP contribution in [0.15, 0.2) is 35.0 Å². The lowest BCUT2D eigenvalue weighted by atomic mass is 10.2. The number of benzene rings is 1. The van der Waals surface area contributed by atoms with Gasteiger partial charge in [-0.3, -0.25) is 0 Å². The van der Waals surface area contributed by atoms with Crippen molar-refractivity contribution in [1.29, 1.82) is 0 Å². The van der Waals surface area contributed by atoms with Crippen molar-refractivity contribution in [1.82, 2.24) is 15.1 Å². The van der Waals surface area contributed by atoms with Crippen LogP contribution in [0, 0.1) is 12.7 Å². The first-order chi connectivity index (χ1) is 9.63. The SMILES string of the molecule is Cc1nccc(N(C)Cc2noc3cc(F)ccc23)n1. The van der Waals surface area contributed by atoms with Gasteiger partial charge < -0.3 is 9.42 Å². The number of rotatable bonds is 3. The summed E-state index contributed by atoms with van der Waals surface area (Å²) in [6.07, 6.45) is 1.71. The van der Waals surface area contributed by atoms with Crippen LogP contribution in [0.3, 0.4) is 0 Å². The summed E-state index contributed by atoms with van der Waals surface area (Å²) in [5.74, 6) is 1.18. The fraction of sp³-hybridized carbons (Fsp3) is 0.214. The second-order valence-electron chi connectivity index (χ2n) is 4.59. The van der Waals surface area contributed by atoms with Crippen molar-refractivity contribution >= 4 is 16.8 Å². The van der Waals surface area contributed by atoms with E-state index in [2.05, 4.69) is 15.1 Å². The molecule has 20 heavy (non-hydrogen) atoms. The van der Waals surface area contributed by atoms with E-state index < -0.39 is 0 Å². The summed E-state index contributed by atoms with van der Waals surface area (Å²) < 4.78 is 18.2. The highest BCUT2D eigenvalue weighted by Gasteiger charge is 2.12. The quantitative estimate of drug-likeness (QED) is 0.733. The summed E-state index contributed by atoms with van der Waals surface area (Å²) >= 11 is 0.